The van der Waals surface area contributed by atoms with Crippen LogP contribution in [0, 0.1) is 0 Å². The first-order chi connectivity index (χ1) is 10.7. The summed E-state index contributed by atoms with van der Waals surface area (Å²) in [5.41, 5.74) is 1.28. The lowest BCUT2D eigenvalue weighted by molar-refractivity contribution is 0.101. The first kappa shape index (κ1) is 13.1. The quantitative estimate of drug-likeness (QED) is 0.460. The zero-order chi connectivity index (χ0) is 15.1. The molecule has 0 unspecified atom stereocenters. The molecule has 4 rings (SSSR count). The van der Waals surface area contributed by atoms with E-state index in [1.165, 1.54) is 0 Å². The van der Waals surface area contributed by atoms with Crippen LogP contribution in [-0.4, -0.2) is 5.78 Å². The molecule has 0 fully saturated rings. The van der Waals surface area contributed by atoms with E-state index < -0.39 is 0 Å². The van der Waals surface area contributed by atoms with Crippen molar-refractivity contribution in [2.75, 3.05) is 0 Å². The van der Waals surface area contributed by atoms with E-state index in [1.807, 2.05) is 42.5 Å². The van der Waals surface area contributed by atoms with Crippen molar-refractivity contribution in [1.29, 1.82) is 0 Å². The van der Waals surface area contributed by atoms with E-state index in [1.54, 1.807) is 24.3 Å². The maximum atomic E-state index is 12.5. The van der Waals surface area contributed by atoms with Crippen LogP contribution < -0.4 is 0 Å². The van der Waals surface area contributed by atoms with Crippen LogP contribution in [0.3, 0.4) is 0 Å². The van der Waals surface area contributed by atoms with Gasteiger partial charge in [0.05, 0.1) is 0 Å². The molecule has 0 spiro atoms. The Hall–Kier alpha value is -2.58. The number of hydrogen-bond donors (Lipinski definition) is 0. The predicted molar refractivity (Wildman–Crippen MR) is 88.6 cm³/mol. The molecule has 106 valence electrons. The number of hydrogen-bond acceptors (Lipinski definition) is 2. The molecule has 1 heterocycles. The Morgan fingerprint density at radius 3 is 2.45 bits per heavy atom. The van der Waals surface area contributed by atoms with Gasteiger partial charge >= 0.3 is 0 Å². The minimum atomic E-state index is -0.142. The van der Waals surface area contributed by atoms with Crippen molar-refractivity contribution in [3.8, 4) is 0 Å². The molecule has 0 N–H and O–H groups in total. The second-order valence-electron chi connectivity index (χ2n) is 5.15. The molecule has 1 aromatic heterocycles. The van der Waals surface area contributed by atoms with Gasteiger partial charge in [-0.3, -0.25) is 4.79 Å². The number of rotatable bonds is 2. The molecule has 0 bridgehead atoms. The Morgan fingerprint density at radius 1 is 0.864 bits per heavy atom. The van der Waals surface area contributed by atoms with Crippen molar-refractivity contribution in [2.45, 2.75) is 0 Å². The van der Waals surface area contributed by atoms with Crippen LogP contribution in [0.4, 0.5) is 0 Å². The molecule has 0 aliphatic heterocycles. The molecule has 4 aromatic rings. The normalized spacial score (nSPS) is 11.1. The van der Waals surface area contributed by atoms with Crippen molar-refractivity contribution in [3.63, 3.8) is 0 Å². The SMILES string of the molecule is O=C(c1ccc(Cl)cc1)c1cc2c(ccc3ccccc32)o1. The second-order valence-corrected chi connectivity index (χ2v) is 5.58. The lowest BCUT2D eigenvalue weighted by Gasteiger charge is -1.97. The van der Waals surface area contributed by atoms with Crippen molar-refractivity contribution in [2.24, 2.45) is 0 Å². The zero-order valence-corrected chi connectivity index (χ0v) is 12.3. The van der Waals surface area contributed by atoms with Crippen molar-refractivity contribution in [1.82, 2.24) is 0 Å². The number of carbonyl (C=O) groups excluding carboxylic acids is 1. The molecule has 0 aliphatic rings. The minimum Gasteiger partial charge on any atom is -0.453 e. The summed E-state index contributed by atoms with van der Waals surface area (Å²) in [4.78, 5) is 12.5. The summed E-state index contributed by atoms with van der Waals surface area (Å²) in [6, 6.07) is 20.6. The topological polar surface area (TPSA) is 30.2 Å². The van der Waals surface area contributed by atoms with Crippen LogP contribution in [-0.2, 0) is 0 Å². The Labute approximate surface area is 131 Å². The van der Waals surface area contributed by atoms with Crippen LogP contribution in [0.25, 0.3) is 21.7 Å². The number of ketones is 1. The van der Waals surface area contributed by atoms with Gasteiger partial charge in [-0.15, -0.1) is 0 Å². The summed E-state index contributed by atoms with van der Waals surface area (Å²) in [5, 5.41) is 3.77. The van der Waals surface area contributed by atoms with Crippen molar-refractivity contribution >= 4 is 39.1 Å². The molecule has 3 heteroatoms. The summed E-state index contributed by atoms with van der Waals surface area (Å²) >= 11 is 5.86. The standard InChI is InChI=1S/C19H11ClO2/c20-14-8-5-13(6-9-14)19(21)18-11-16-15-4-2-1-3-12(15)7-10-17(16)22-18/h1-11H. The monoisotopic (exact) mass is 306 g/mol. The summed E-state index contributed by atoms with van der Waals surface area (Å²) in [6.07, 6.45) is 0. The van der Waals surface area contributed by atoms with Crippen molar-refractivity contribution in [3.05, 3.63) is 83.1 Å². The molecule has 0 amide bonds. The summed E-state index contributed by atoms with van der Waals surface area (Å²) < 4.78 is 5.74. The second kappa shape index (κ2) is 5.00. The average Bonchev–Trinajstić information content (AvgIpc) is 2.99. The van der Waals surface area contributed by atoms with Crippen LogP contribution in [0.1, 0.15) is 16.1 Å². The van der Waals surface area contributed by atoms with Gasteiger partial charge in [0.2, 0.25) is 5.78 Å². The van der Waals surface area contributed by atoms with Crippen LogP contribution in [0.5, 0.6) is 0 Å². The maximum Gasteiger partial charge on any atom is 0.228 e. The Kier molecular flexibility index (Phi) is 2.98. The van der Waals surface area contributed by atoms with E-state index in [-0.39, 0.29) is 5.78 Å². The molecule has 0 aliphatic carbocycles. The van der Waals surface area contributed by atoms with Gasteiger partial charge in [0, 0.05) is 16.0 Å². The fourth-order valence-electron chi connectivity index (χ4n) is 2.65. The lowest BCUT2D eigenvalue weighted by Crippen LogP contribution is -1.98. The largest absolute Gasteiger partial charge is 0.453 e. The number of fused-ring (bicyclic) bond motifs is 3. The summed E-state index contributed by atoms with van der Waals surface area (Å²) in [5.74, 6) is 0.200. The Balaban J connectivity index is 1.87. The van der Waals surface area contributed by atoms with E-state index in [0.717, 1.165) is 21.7 Å². The van der Waals surface area contributed by atoms with Crippen LogP contribution in [0.2, 0.25) is 5.02 Å². The highest BCUT2D eigenvalue weighted by molar-refractivity contribution is 6.30. The molecular formula is C19H11ClO2. The predicted octanol–water partition coefficient (Wildman–Crippen LogP) is 5.47. The molecule has 0 radical (unpaired) electrons. The van der Waals surface area contributed by atoms with Gasteiger partial charge < -0.3 is 4.42 Å². The number of furan rings is 1. The van der Waals surface area contributed by atoms with E-state index in [9.17, 15) is 4.79 Å². The molecule has 2 nitrogen and oxygen atoms in total. The van der Waals surface area contributed by atoms with E-state index in [4.69, 9.17) is 16.0 Å². The number of carbonyl (C=O) groups is 1. The first-order valence-electron chi connectivity index (χ1n) is 6.94. The molecule has 0 saturated carbocycles. The zero-order valence-electron chi connectivity index (χ0n) is 11.5. The molecule has 0 atom stereocenters. The van der Waals surface area contributed by atoms with Crippen LogP contribution in [0.15, 0.2) is 71.1 Å². The van der Waals surface area contributed by atoms with Gasteiger partial charge in [0.15, 0.2) is 5.76 Å². The van der Waals surface area contributed by atoms with Gasteiger partial charge in [-0.05, 0) is 47.2 Å². The van der Waals surface area contributed by atoms with E-state index in [0.29, 0.717) is 16.3 Å². The third-order valence-electron chi connectivity index (χ3n) is 3.76. The lowest BCUT2D eigenvalue weighted by atomic mass is 10.1. The highest BCUT2D eigenvalue weighted by Crippen LogP contribution is 2.29. The molecule has 3 aromatic carbocycles. The van der Waals surface area contributed by atoms with Crippen molar-refractivity contribution < 1.29 is 9.21 Å². The maximum absolute atomic E-state index is 12.5. The summed E-state index contributed by atoms with van der Waals surface area (Å²) in [6.45, 7) is 0. The average molecular weight is 307 g/mol. The van der Waals surface area contributed by atoms with Gasteiger partial charge in [-0.1, -0.05) is 41.9 Å². The highest BCUT2D eigenvalue weighted by Gasteiger charge is 2.15. The third kappa shape index (κ3) is 2.09. The summed E-state index contributed by atoms with van der Waals surface area (Å²) in [7, 11) is 0. The fraction of sp³-hybridized carbons (Fsp3) is 0. The third-order valence-corrected chi connectivity index (χ3v) is 4.01. The van der Waals surface area contributed by atoms with Crippen LogP contribution >= 0.6 is 11.6 Å². The van der Waals surface area contributed by atoms with Gasteiger partial charge in [0.25, 0.3) is 0 Å². The van der Waals surface area contributed by atoms with Gasteiger partial charge in [-0.25, -0.2) is 0 Å². The van der Waals surface area contributed by atoms with E-state index >= 15 is 0 Å². The smallest absolute Gasteiger partial charge is 0.228 e. The first-order valence-corrected chi connectivity index (χ1v) is 7.32. The molecular weight excluding hydrogens is 296 g/mol. The van der Waals surface area contributed by atoms with Gasteiger partial charge in [-0.2, -0.15) is 0 Å². The fourth-order valence-corrected chi connectivity index (χ4v) is 2.77. The van der Waals surface area contributed by atoms with E-state index in [2.05, 4.69) is 0 Å². The Bertz CT molecular complexity index is 997. The number of benzene rings is 3. The molecule has 22 heavy (non-hydrogen) atoms. The van der Waals surface area contributed by atoms with Gasteiger partial charge in [0.1, 0.15) is 5.58 Å². The number of halogens is 1. The Morgan fingerprint density at radius 2 is 1.64 bits per heavy atom. The minimum absolute atomic E-state index is 0.142. The highest BCUT2D eigenvalue weighted by atomic mass is 35.5. The molecule has 0 saturated heterocycles.